The van der Waals surface area contributed by atoms with Crippen molar-refractivity contribution in [2.75, 3.05) is 6.54 Å². The Balaban J connectivity index is 1.46. The molecule has 4 rings (SSSR count). The lowest BCUT2D eigenvalue weighted by Crippen LogP contribution is -2.40. The zero-order valence-electron chi connectivity index (χ0n) is 15.1. The monoisotopic (exact) mass is 365 g/mol. The van der Waals surface area contributed by atoms with E-state index in [4.69, 9.17) is 4.74 Å². The molecule has 1 aromatic heterocycles. The lowest BCUT2D eigenvalue weighted by Gasteiger charge is -2.27. The number of rotatable bonds is 5. The molecule has 0 fully saturated rings. The van der Waals surface area contributed by atoms with Gasteiger partial charge in [-0.15, -0.1) is 0 Å². The van der Waals surface area contributed by atoms with Gasteiger partial charge < -0.3 is 9.64 Å². The lowest BCUT2D eigenvalue weighted by atomic mass is 10.1. The van der Waals surface area contributed by atoms with E-state index < -0.39 is 0 Å². The number of amides is 1. The Bertz CT molecular complexity index is 969. The average Bonchev–Trinajstić information content (AvgIpc) is 3.09. The van der Waals surface area contributed by atoms with Crippen molar-refractivity contribution < 1.29 is 13.9 Å². The average molecular weight is 365 g/mol. The summed E-state index contributed by atoms with van der Waals surface area (Å²) >= 11 is 0. The highest BCUT2D eigenvalue weighted by molar-refractivity contribution is 5.93. The predicted molar refractivity (Wildman–Crippen MR) is 98.9 cm³/mol. The molecule has 0 bridgehead atoms. The van der Waals surface area contributed by atoms with Crippen LogP contribution in [0.3, 0.4) is 0 Å². The van der Waals surface area contributed by atoms with Gasteiger partial charge in [0.25, 0.3) is 5.91 Å². The van der Waals surface area contributed by atoms with Crippen LogP contribution in [-0.4, -0.2) is 27.1 Å². The molecule has 5 nitrogen and oxygen atoms in total. The Morgan fingerprint density at radius 2 is 1.93 bits per heavy atom. The number of fused-ring (bicyclic) bond motifs is 1. The lowest BCUT2D eigenvalue weighted by molar-refractivity contribution is 0.0682. The summed E-state index contributed by atoms with van der Waals surface area (Å²) in [6.07, 6.45) is 0. The summed E-state index contributed by atoms with van der Waals surface area (Å²) in [4.78, 5) is 14.4. The molecule has 0 N–H and O–H groups in total. The van der Waals surface area contributed by atoms with Gasteiger partial charge >= 0.3 is 0 Å². The minimum atomic E-state index is -0.279. The number of nitrogens with zero attached hydrogens (tertiary/aromatic N) is 3. The van der Waals surface area contributed by atoms with Crippen LogP contribution in [0.1, 0.15) is 27.3 Å². The normalized spacial score (nSPS) is 13.6. The Morgan fingerprint density at radius 3 is 2.70 bits per heavy atom. The van der Waals surface area contributed by atoms with Crippen molar-refractivity contribution in [3.05, 3.63) is 82.9 Å². The second-order valence-corrected chi connectivity index (χ2v) is 6.67. The largest absolute Gasteiger partial charge is 0.487 e. The molecule has 3 aromatic rings. The zero-order valence-corrected chi connectivity index (χ0v) is 15.1. The van der Waals surface area contributed by atoms with Gasteiger partial charge in [0.1, 0.15) is 29.6 Å². The summed E-state index contributed by atoms with van der Waals surface area (Å²) in [5, 5.41) is 4.46. The number of carbonyl (C=O) groups excluding carboxylic acids is 1. The van der Waals surface area contributed by atoms with Gasteiger partial charge in [-0.2, -0.15) is 5.10 Å². The fourth-order valence-electron chi connectivity index (χ4n) is 3.17. The molecule has 0 atom stereocenters. The summed E-state index contributed by atoms with van der Waals surface area (Å²) in [5.41, 5.74) is 2.60. The molecule has 0 saturated heterocycles. The summed E-state index contributed by atoms with van der Waals surface area (Å²) in [6.45, 7) is 3.48. The Hall–Kier alpha value is -3.15. The molecule has 6 heteroatoms. The molecule has 138 valence electrons. The number of carbonyl (C=O) groups is 1. The smallest absolute Gasteiger partial charge is 0.272 e. The van der Waals surface area contributed by atoms with Gasteiger partial charge in [0.15, 0.2) is 0 Å². The summed E-state index contributed by atoms with van der Waals surface area (Å²) in [7, 11) is 0. The minimum absolute atomic E-state index is 0.139. The van der Waals surface area contributed by atoms with Crippen molar-refractivity contribution in [1.29, 1.82) is 0 Å². The highest BCUT2D eigenvalue weighted by Crippen LogP contribution is 2.19. The van der Waals surface area contributed by atoms with Crippen molar-refractivity contribution >= 4 is 5.91 Å². The van der Waals surface area contributed by atoms with Crippen molar-refractivity contribution in [1.82, 2.24) is 14.7 Å². The quantitative estimate of drug-likeness (QED) is 0.695. The Labute approximate surface area is 157 Å². The first-order chi connectivity index (χ1) is 13.1. The predicted octanol–water partition coefficient (Wildman–Crippen LogP) is 3.57. The molecule has 2 aromatic carbocycles. The third-order valence-electron chi connectivity index (χ3n) is 4.62. The van der Waals surface area contributed by atoms with Gasteiger partial charge in [0.2, 0.25) is 0 Å². The van der Waals surface area contributed by atoms with Crippen molar-refractivity contribution in [2.45, 2.75) is 26.6 Å². The van der Waals surface area contributed by atoms with E-state index in [0.29, 0.717) is 36.6 Å². The van der Waals surface area contributed by atoms with E-state index in [1.807, 2.05) is 43.3 Å². The van der Waals surface area contributed by atoms with Crippen LogP contribution in [0.5, 0.6) is 5.75 Å². The van der Waals surface area contributed by atoms with Crippen LogP contribution in [0.4, 0.5) is 4.39 Å². The van der Waals surface area contributed by atoms with Crippen LogP contribution in [0.2, 0.25) is 0 Å². The fourth-order valence-corrected chi connectivity index (χ4v) is 3.17. The maximum absolute atomic E-state index is 14.1. The van der Waals surface area contributed by atoms with Gasteiger partial charge in [0, 0.05) is 18.7 Å². The van der Waals surface area contributed by atoms with E-state index in [1.165, 1.54) is 6.07 Å². The standard InChI is InChI=1S/C21H20FN3O2/c1-15-7-8-16(19(22)11-15)13-24-9-10-25-20(21(24)26)12-17(23-25)14-27-18-5-3-2-4-6-18/h2-8,11-12H,9-10,13-14H2,1H3. The number of benzene rings is 2. The molecule has 0 saturated carbocycles. The molecule has 0 radical (unpaired) electrons. The van der Waals surface area contributed by atoms with Crippen LogP contribution in [-0.2, 0) is 19.7 Å². The first-order valence-corrected chi connectivity index (χ1v) is 8.89. The van der Waals surface area contributed by atoms with E-state index in [1.54, 1.807) is 21.7 Å². The minimum Gasteiger partial charge on any atom is -0.487 e. The topological polar surface area (TPSA) is 47.4 Å². The van der Waals surface area contributed by atoms with E-state index in [2.05, 4.69) is 5.10 Å². The van der Waals surface area contributed by atoms with Gasteiger partial charge in [-0.25, -0.2) is 4.39 Å². The summed E-state index contributed by atoms with van der Waals surface area (Å²) in [6, 6.07) is 16.3. The number of hydrogen-bond donors (Lipinski definition) is 0. The number of aryl methyl sites for hydroxylation is 1. The van der Waals surface area contributed by atoms with E-state index >= 15 is 0 Å². The third-order valence-corrected chi connectivity index (χ3v) is 4.62. The maximum atomic E-state index is 14.1. The molecule has 0 unspecified atom stereocenters. The fraction of sp³-hybridized carbons (Fsp3) is 0.238. The molecule has 1 amide bonds. The second-order valence-electron chi connectivity index (χ2n) is 6.67. The third kappa shape index (κ3) is 3.69. The first-order valence-electron chi connectivity index (χ1n) is 8.89. The first kappa shape index (κ1) is 17.3. The van der Waals surface area contributed by atoms with Crippen LogP contribution in [0.25, 0.3) is 0 Å². The van der Waals surface area contributed by atoms with Crippen molar-refractivity contribution in [2.24, 2.45) is 0 Å². The number of aromatic nitrogens is 2. The number of para-hydroxylation sites is 1. The van der Waals surface area contributed by atoms with Gasteiger partial charge in [-0.05, 0) is 36.8 Å². The van der Waals surface area contributed by atoms with Crippen molar-refractivity contribution in [3.63, 3.8) is 0 Å². The van der Waals surface area contributed by atoms with Crippen LogP contribution in [0.15, 0.2) is 54.6 Å². The number of halogens is 1. The Kier molecular flexibility index (Phi) is 4.62. The summed E-state index contributed by atoms with van der Waals surface area (Å²) < 4.78 is 21.5. The molecule has 27 heavy (non-hydrogen) atoms. The molecular weight excluding hydrogens is 345 g/mol. The molecule has 2 heterocycles. The maximum Gasteiger partial charge on any atom is 0.272 e. The van der Waals surface area contributed by atoms with Gasteiger partial charge in [0.05, 0.1) is 6.54 Å². The number of ether oxygens (including phenoxy) is 1. The highest BCUT2D eigenvalue weighted by atomic mass is 19.1. The Morgan fingerprint density at radius 1 is 1.11 bits per heavy atom. The van der Waals surface area contributed by atoms with Crippen molar-refractivity contribution in [3.8, 4) is 5.75 Å². The molecular formula is C21H20FN3O2. The second kappa shape index (κ2) is 7.23. The van der Waals surface area contributed by atoms with Crippen LogP contribution in [0, 0.1) is 12.7 Å². The van der Waals surface area contributed by atoms with E-state index in [0.717, 1.165) is 11.3 Å². The van der Waals surface area contributed by atoms with E-state index in [9.17, 15) is 9.18 Å². The van der Waals surface area contributed by atoms with Gasteiger partial charge in [-0.3, -0.25) is 9.48 Å². The highest BCUT2D eigenvalue weighted by Gasteiger charge is 2.27. The number of hydrogen-bond acceptors (Lipinski definition) is 3. The summed E-state index contributed by atoms with van der Waals surface area (Å²) in [5.74, 6) is 0.338. The zero-order chi connectivity index (χ0) is 18.8. The molecule has 0 aliphatic carbocycles. The molecule has 1 aliphatic heterocycles. The van der Waals surface area contributed by atoms with Crippen LogP contribution < -0.4 is 4.74 Å². The molecule has 1 aliphatic rings. The van der Waals surface area contributed by atoms with E-state index in [-0.39, 0.29) is 18.3 Å². The van der Waals surface area contributed by atoms with Crippen LogP contribution >= 0.6 is 0 Å². The molecule has 0 spiro atoms. The van der Waals surface area contributed by atoms with Gasteiger partial charge in [-0.1, -0.05) is 30.3 Å². The SMILES string of the molecule is Cc1ccc(CN2CCn3nc(COc4ccccc4)cc3C2=O)c(F)c1.